The maximum Gasteiger partial charge on any atom is 0.264 e. The average molecular weight is 275 g/mol. The minimum absolute atomic E-state index is 0.154. The van der Waals surface area contributed by atoms with Crippen molar-refractivity contribution in [1.29, 1.82) is 0 Å². The van der Waals surface area contributed by atoms with Gasteiger partial charge in [-0.3, -0.25) is 14.2 Å². The van der Waals surface area contributed by atoms with Crippen LogP contribution in [0.3, 0.4) is 0 Å². The van der Waals surface area contributed by atoms with E-state index in [1.165, 1.54) is 9.47 Å². The van der Waals surface area contributed by atoms with Crippen molar-refractivity contribution in [3.05, 3.63) is 40.3 Å². The molecule has 2 heterocycles. The highest BCUT2D eigenvalue weighted by molar-refractivity contribution is 5.96. The predicted octanol–water partition coefficient (Wildman–Crippen LogP) is -1.19. The summed E-state index contributed by atoms with van der Waals surface area (Å²) < 4.78 is 1.40. The van der Waals surface area contributed by atoms with Crippen molar-refractivity contribution in [2.45, 2.75) is 0 Å². The smallest absolute Gasteiger partial charge is 0.264 e. The zero-order valence-electron chi connectivity index (χ0n) is 11.9. The van der Waals surface area contributed by atoms with E-state index >= 15 is 0 Å². The molecule has 0 unspecified atom stereocenters. The lowest BCUT2D eigenvalue weighted by Crippen LogP contribution is -3.06. The number of pyridine rings is 2. The van der Waals surface area contributed by atoms with Crippen molar-refractivity contribution in [3.63, 3.8) is 0 Å². The topological polar surface area (TPSA) is 68.4 Å². The summed E-state index contributed by atoms with van der Waals surface area (Å²) in [6.45, 7) is 1.34. The molecule has 0 fully saturated rings. The normalized spacial score (nSPS) is 11.0. The number of carbonyl (C=O) groups is 1. The molecule has 0 radical (unpaired) electrons. The van der Waals surface area contributed by atoms with Crippen molar-refractivity contribution in [1.82, 2.24) is 14.9 Å². The molecule has 0 spiro atoms. The van der Waals surface area contributed by atoms with Gasteiger partial charge in [0.15, 0.2) is 0 Å². The van der Waals surface area contributed by atoms with Gasteiger partial charge in [0, 0.05) is 18.6 Å². The average Bonchev–Trinajstić information content (AvgIpc) is 2.42. The number of amides is 1. The van der Waals surface area contributed by atoms with Crippen molar-refractivity contribution >= 4 is 16.9 Å². The molecule has 1 amide bonds. The Bertz CT molecular complexity index is 691. The summed E-state index contributed by atoms with van der Waals surface area (Å²) in [5, 5.41) is 3.55. The number of hydrogen-bond acceptors (Lipinski definition) is 3. The Morgan fingerprint density at radius 2 is 2.20 bits per heavy atom. The maximum absolute atomic E-state index is 12.2. The minimum Gasteiger partial charge on any atom is -0.346 e. The van der Waals surface area contributed by atoms with Gasteiger partial charge in [-0.15, -0.1) is 0 Å². The lowest BCUT2D eigenvalue weighted by atomic mass is 10.2. The molecule has 0 aliphatic heterocycles. The second-order valence-corrected chi connectivity index (χ2v) is 5.05. The minimum atomic E-state index is -0.336. The van der Waals surface area contributed by atoms with Gasteiger partial charge in [0.05, 0.1) is 27.2 Å². The Hall–Kier alpha value is -2.21. The number of nitrogens with one attached hydrogen (secondary N) is 2. The van der Waals surface area contributed by atoms with E-state index in [1.807, 2.05) is 20.2 Å². The summed E-state index contributed by atoms with van der Waals surface area (Å²) in [4.78, 5) is 29.7. The van der Waals surface area contributed by atoms with Gasteiger partial charge in [-0.25, -0.2) is 4.98 Å². The number of hydrogen-bond donors (Lipinski definition) is 2. The van der Waals surface area contributed by atoms with Crippen LogP contribution in [-0.4, -0.2) is 42.6 Å². The molecule has 0 atom stereocenters. The van der Waals surface area contributed by atoms with E-state index in [1.54, 1.807) is 25.4 Å². The first kappa shape index (κ1) is 14.2. The van der Waals surface area contributed by atoms with Crippen LogP contribution in [-0.2, 0) is 7.05 Å². The monoisotopic (exact) mass is 275 g/mol. The number of aromatic nitrogens is 2. The zero-order chi connectivity index (χ0) is 14.7. The fraction of sp³-hybridized carbons (Fsp3) is 0.357. The fourth-order valence-electron chi connectivity index (χ4n) is 1.98. The number of likely N-dealkylation sites (N-methyl/N-ethyl adjacent to an activating group) is 1. The fourth-order valence-corrected chi connectivity index (χ4v) is 1.98. The number of fused-ring (bicyclic) bond motifs is 1. The van der Waals surface area contributed by atoms with Crippen molar-refractivity contribution in [3.8, 4) is 0 Å². The van der Waals surface area contributed by atoms with Gasteiger partial charge in [0.25, 0.3) is 11.5 Å². The lowest BCUT2D eigenvalue weighted by Gasteiger charge is -2.10. The van der Waals surface area contributed by atoms with Crippen LogP contribution in [0.5, 0.6) is 0 Å². The first-order valence-corrected chi connectivity index (χ1v) is 6.52. The molecule has 6 nitrogen and oxygen atoms in total. The van der Waals surface area contributed by atoms with Crippen LogP contribution in [0.15, 0.2) is 29.2 Å². The molecule has 0 aliphatic carbocycles. The second kappa shape index (κ2) is 5.83. The molecule has 0 aromatic carbocycles. The highest BCUT2D eigenvalue weighted by Crippen LogP contribution is 2.09. The number of quaternary nitrogens is 1. The molecule has 6 heteroatoms. The molecule has 2 N–H and O–H groups in total. The van der Waals surface area contributed by atoms with E-state index in [2.05, 4.69) is 10.3 Å². The van der Waals surface area contributed by atoms with Crippen molar-refractivity contribution < 1.29 is 9.69 Å². The van der Waals surface area contributed by atoms with E-state index in [9.17, 15) is 9.59 Å². The summed E-state index contributed by atoms with van der Waals surface area (Å²) in [6, 6.07) is 5.22. The number of aryl methyl sites for hydroxylation is 1. The van der Waals surface area contributed by atoms with Gasteiger partial charge in [0.1, 0.15) is 11.2 Å². The van der Waals surface area contributed by atoms with Gasteiger partial charge in [-0.2, -0.15) is 0 Å². The van der Waals surface area contributed by atoms with E-state index in [0.29, 0.717) is 12.2 Å². The third kappa shape index (κ3) is 2.85. The summed E-state index contributed by atoms with van der Waals surface area (Å²) >= 11 is 0. The van der Waals surface area contributed by atoms with Crippen LogP contribution >= 0.6 is 0 Å². The summed E-state index contributed by atoms with van der Waals surface area (Å²) in [6.07, 6.45) is 1.63. The van der Waals surface area contributed by atoms with Crippen LogP contribution < -0.4 is 15.8 Å². The van der Waals surface area contributed by atoms with Crippen molar-refractivity contribution in [2.24, 2.45) is 7.05 Å². The number of nitrogens with zero attached hydrogens (tertiary/aromatic N) is 2. The largest absolute Gasteiger partial charge is 0.346 e. The molecule has 106 valence electrons. The van der Waals surface area contributed by atoms with Gasteiger partial charge < -0.3 is 10.2 Å². The predicted molar refractivity (Wildman–Crippen MR) is 77.0 cm³/mol. The van der Waals surface area contributed by atoms with Crippen LogP contribution in [0.1, 0.15) is 10.4 Å². The Morgan fingerprint density at radius 3 is 2.90 bits per heavy atom. The lowest BCUT2D eigenvalue weighted by molar-refractivity contribution is -0.856. The molecule has 2 aromatic heterocycles. The Labute approximate surface area is 117 Å². The highest BCUT2D eigenvalue weighted by Gasteiger charge is 2.14. The SMILES string of the molecule is Cn1c(=O)c(C(=O)NCC[NH+](C)C)cc2cccnc21. The standard InChI is InChI=1S/C14H18N4O2/c1-17(2)8-7-16-13(19)11-9-10-5-4-6-15-12(10)18(3)14(11)20/h4-6,9H,7-8H2,1-3H3,(H,16,19)/p+1. The third-order valence-corrected chi connectivity index (χ3v) is 3.12. The summed E-state index contributed by atoms with van der Waals surface area (Å²) in [5.74, 6) is -0.336. The Balaban J connectivity index is 2.32. The molecule has 20 heavy (non-hydrogen) atoms. The molecule has 2 aromatic rings. The van der Waals surface area contributed by atoms with E-state index < -0.39 is 0 Å². The quantitative estimate of drug-likeness (QED) is 0.737. The van der Waals surface area contributed by atoms with E-state index in [0.717, 1.165) is 11.9 Å². The maximum atomic E-state index is 12.2. The first-order chi connectivity index (χ1) is 9.50. The Kier molecular flexibility index (Phi) is 4.14. The van der Waals surface area contributed by atoms with Crippen LogP contribution in [0.2, 0.25) is 0 Å². The molecule has 0 saturated carbocycles. The molecule has 0 bridgehead atoms. The number of rotatable bonds is 4. The molecule has 2 rings (SSSR count). The van der Waals surface area contributed by atoms with Crippen LogP contribution in [0.25, 0.3) is 11.0 Å². The molecule has 0 saturated heterocycles. The van der Waals surface area contributed by atoms with E-state index in [4.69, 9.17) is 0 Å². The Morgan fingerprint density at radius 1 is 1.45 bits per heavy atom. The van der Waals surface area contributed by atoms with Crippen LogP contribution in [0.4, 0.5) is 0 Å². The third-order valence-electron chi connectivity index (χ3n) is 3.12. The zero-order valence-corrected chi connectivity index (χ0v) is 11.9. The number of carbonyl (C=O) groups excluding carboxylic acids is 1. The summed E-state index contributed by atoms with van der Waals surface area (Å²) in [5.41, 5.74) is 0.402. The first-order valence-electron chi connectivity index (χ1n) is 6.52. The summed E-state index contributed by atoms with van der Waals surface area (Å²) in [7, 11) is 5.64. The van der Waals surface area contributed by atoms with Gasteiger partial charge >= 0.3 is 0 Å². The van der Waals surface area contributed by atoms with Gasteiger partial charge in [-0.05, 0) is 18.2 Å². The van der Waals surface area contributed by atoms with Crippen LogP contribution in [0, 0.1) is 0 Å². The van der Waals surface area contributed by atoms with Gasteiger partial charge in [0.2, 0.25) is 0 Å². The van der Waals surface area contributed by atoms with Gasteiger partial charge in [-0.1, -0.05) is 0 Å². The highest BCUT2D eigenvalue weighted by atomic mass is 16.2. The molecular formula is C14H19N4O2+. The van der Waals surface area contributed by atoms with E-state index in [-0.39, 0.29) is 17.0 Å². The second-order valence-electron chi connectivity index (χ2n) is 5.05. The molecular weight excluding hydrogens is 256 g/mol. The van der Waals surface area contributed by atoms with Crippen molar-refractivity contribution in [2.75, 3.05) is 27.2 Å². The molecule has 0 aliphatic rings.